The predicted octanol–water partition coefficient (Wildman–Crippen LogP) is 3.83. The van der Waals surface area contributed by atoms with Gasteiger partial charge in [-0.2, -0.15) is 12.6 Å². The van der Waals surface area contributed by atoms with Gasteiger partial charge < -0.3 is 20.3 Å². The second kappa shape index (κ2) is 12.7. The Balaban J connectivity index is 2.37. The topological polar surface area (TPSA) is 87.7 Å². The Morgan fingerprint density at radius 1 is 1.21 bits per heavy atom. The standard InChI is InChI=1S/C26H37N3O4S/c1-6-18-13-11-12-16-20(18)22(23(30)27-19-14-9-8-10-15-19)29(7-2)24(31)21(17-34)28-25(32)33-26(3,4)5/h1,11-13,16,19,21-22,34H,7-10,14-15,17H2,2-5H3,(H,27,30)(H,28,32). The Labute approximate surface area is 208 Å². The minimum Gasteiger partial charge on any atom is -0.444 e. The van der Waals surface area contributed by atoms with Crippen LogP contribution in [0.3, 0.4) is 0 Å². The van der Waals surface area contributed by atoms with E-state index in [1.807, 2.05) is 0 Å². The van der Waals surface area contributed by atoms with Crippen molar-refractivity contribution in [2.75, 3.05) is 12.3 Å². The maximum Gasteiger partial charge on any atom is 0.408 e. The monoisotopic (exact) mass is 487 g/mol. The van der Waals surface area contributed by atoms with Crippen LogP contribution in [0.15, 0.2) is 24.3 Å². The lowest BCUT2D eigenvalue weighted by Gasteiger charge is -2.35. The Morgan fingerprint density at radius 2 is 1.85 bits per heavy atom. The van der Waals surface area contributed by atoms with Crippen LogP contribution in [0.4, 0.5) is 4.79 Å². The van der Waals surface area contributed by atoms with E-state index in [9.17, 15) is 14.4 Å². The maximum absolute atomic E-state index is 13.6. The summed E-state index contributed by atoms with van der Waals surface area (Å²) in [5, 5.41) is 5.73. The second-order valence-corrected chi connectivity index (χ2v) is 9.85. The molecule has 2 atom stereocenters. The van der Waals surface area contributed by atoms with Crippen LogP contribution in [0.5, 0.6) is 0 Å². The van der Waals surface area contributed by atoms with E-state index in [0.29, 0.717) is 11.1 Å². The fourth-order valence-electron chi connectivity index (χ4n) is 4.15. The molecule has 34 heavy (non-hydrogen) atoms. The number of nitrogens with one attached hydrogen (secondary N) is 2. The van der Waals surface area contributed by atoms with Gasteiger partial charge >= 0.3 is 6.09 Å². The molecule has 1 aliphatic carbocycles. The number of hydrogen-bond acceptors (Lipinski definition) is 5. The largest absolute Gasteiger partial charge is 0.444 e. The van der Waals surface area contributed by atoms with Crippen LogP contribution in [0.1, 0.15) is 77.0 Å². The first-order valence-electron chi connectivity index (χ1n) is 11.9. The molecular weight excluding hydrogens is 450 g/mol. The van der Waals surface area contributed by atoms with E-state index in [1.54, 1.807) is 52.0 Å². The van der Waals surface area contributed by atoms with Gasteiger partial charge in [-0.1, -0.05) is 43.4 Å². The average molecular weight is 488 g/mol. The lowest BCUT2D eigenvalue weighted by Crippen LogP contribution is -2.54. The zero-order valence-corrected chi connectivity index (χ0v) is 21.5. The summed E-state index contributed by atoms with van der Waals surface area (Å²) >= 11 is 4.28. The Bertz CT molecular complexity index is 900. The highest BCUT2D eigenvalue weighted by Crippen LogP contribution is 2.27. The molecule has 0 saturated heterocycles. The van der Waals surface area contributed by atoms with E-state index in [2.05, 4.69) is 29.2 Å². The van der Waals surface area contributed by atoms with Crippen molar-refractivity contribution in [3.05, 3.63) is 35.4 Å². The third-order valence-electron chi connectivity index (χ3n) is 5.72. The third-order valence-corrected chi connectivity index (χ3v) is 6.08. The predicted molar refractivity (Wildman–Crippen MR) is 137 cm³/mol. The summed E-state index contributed by atoms with van der Waals surface area (Å²) in [5.74, 6) is 1.97. The minimum atomic E-state index is -0.971. The van der Waals surface area contributed by atoms with Crippen molar-refractivity contribution >= 4 is 30.5 Å². The number of alkyl carbamates (subject to hydrolysis) is 1. The van der Waals surface area contributed by atoms with Crippen molar-refractivity contribution < 1.29 is 19.1 Å². The summed E-state index contributed by atoms with van der Waals surface area (Å²) < 4.78 is 5.30. The number of ether oxygens (including phenoxy) is 1. The van der Waals surface area contributed by atoms with E-state index in [1.165, 1.54) is 4.90 Å². The molecule has 0 spiro atoms. The van der Waals surface area contributed by atoms with Gasteiger partial charge in [0.15, 0.2) is 0 Å². The zero-order valence-electron chi connectivity index (χ0n) is 20.6. The SMILES string of the molecule is C#Cc1ccccc1C(C(=O)NC1CCCCC1)N(CC)C(=O)C(CS)NC(=O)OC(C)(C)C. The lowest BCUT2D eigenvalue weighted by atomic mass is 9.93. The fourth-order valence-corrected chi connectivity index (χ4v) is 4.39. The van der Waals surface area contributed by atoms with Crippen LogP contribution in [0.2, 0.25) is 0 Å². The highest BCUT2D eigenvalue weighted by atomic mass is 32.1. The van der Waals surface area contributed by atoms with Crippen LogP contribution >= 0.6 is 12.6 Å². The molecule has 2 rings (SSSR count). The molecule has 1 aromatic carbocycles. The summed E-state index contributed by atoms with van der Waals surface area (Å²) in [6, 6.07) is 5.28. The number of rotatable bonds is 8. The number of carbonyl (C=O) groups is 3. The maximum atomic E-state index is 13.6. The molecule has 1 aromatic rings. The molecule has 2 unspecified atom stereocenters. The van der Waals surface area contributed by atoms with Crippen LogP contribution in [0.25, 0.3) is 0 Å². The molecule has 1 fully saturated rings. The second-order valence-electron chi connectivity index (χ2n) is 9.48. The van der Waals surface area contributed by atoms with Crippen LogP contribution in [-0.4, -0.2) is 52.8 Å². The Hall–Kier alpha value is -2.66. The van der Waals surface area contributed by atoms with Crippen molar-refractivity contribution in [3.63, 3.8) is 0 Å². The number of terminal acetylenes is 1. The van der Waals surface area contributed by atoms with Crippen molar-refractivity contribution in [2.24, 2.45) is 0 Å². The summed E-state index contributed by atoms with van der Waals surface area (Å²) in [4.78, 5) is 41.0. The fraction of sp³-hybridized carbons (Fsp3) is 0.577. The normalized spacial score (nSPS) is 16.0. The van der Waals surface area contributed by atoms with Gasteiger partial charge in [0.2, 0.25) is 11.8 Å². The molecule has 0 aliphatic heterocycles. The Morgan fingerprint density at radius 3 is 2.41 bits per heavy atom. The lowest BCUT2D eigenvalue weighted by molar-refractivity contribution is -0.142. The number of amides is 3. The summed E-state index contributed by atoms with van der Waals surface area (Å²) in [6.07, 6.45) is 10.1. The van der Waals surface area contributed by atoms with Crippen LogP contribution in [0, 0.1) is 12.3 Å². The van der Waals surface area contributed by atoms with Crippen molar-refractivity contribution in [2.45, 2.75) is 83.5 Å². The summed E-state index contributed by atoms with van der Waals surface area (Å²) in [5.41, 5.74) is 0.399. The molecule has 2 N–H and O–H groups in total. The van der Waals surface area contributed by atoms with Gasteiger partial charge in [0.1, 0.15) is 17.7 Å². The molecule has 0 heterocycles. The number of nitrogens with zero attached hydrogens (tertiary/aromatic N) is 1. The van der Waals surface area contributed by atoms with E-state index in [4.69, 9.17) is 11.2 Å². The minimum absolute atomic E-state index is 0.0440. The highest BCUT2D eigenvalue weighted by Gasteiger charge is 2.36. The molecule has 0 bridgehead atoms. The number of likely N-dealkylation sites (N-methyl/N-ethyl adjacent to an activating group) is 1. The smallest absolute Gasteiger partial charge is 0.408 e. The van der Waals surface area contributed by atoms with Gasteiger partial charge in [-0.3, -0.25) is 9.59 Å². The zero-order chi connectivity index (χ0) is 25.3. The van der Waals surface area contributed by atoms with Gasteiger partial charge in [-0.05, 0) is 52.2 Å². The third kappa shape index (κ3) is 7.69. The molecule has 0 aromatic heterocycles. The first-order valence-corrected chi connectivity index (χ1v) is 12.5. The number of benzene rings is 1. The van der Waals surface area contributed by atoms with Gasteiger partial charge in [0.25, 0.3) is 0 Å². The van der Waals surface area contributed by atoms with Crippen molar-refractivity contribution in [3.8, 4) is 12.3 Å². The van der Waals surface area contributed by atoms with E-state index in [-0.39, 0.29) is 24.2 Å². The molecule has 1 saturated carbocycles. The van der Waals surface area contributed by atoms with Crippen LogP contribution < -0.4 is 10.6 Å². The molecular formula is C26H37N3O4S. The number of thiol groups is 1. The van der Waals surface area contributed by atoms with E-state index < -0.39 is 29.7 Å². The quantitative estimate of drug-likeness (QED) is 0.384. The summed E-state index contributed by atoms with van der Waals surface area (Å²) in [6.45, 7) is 7.25. The van der Waals surface area contributed by atoms with Crippen molar-refractivity contribution in [1.82, 2.24) is 15.5 Å². The molecule has 1 aliphatic rings. The number of hydrogen-bond donors (Lipinski definition) is 3. The van der Waals surface area contributed by atoms with Crippen molar-refractivity contribution in [1.29, 1.82) is 0 Å². The average Bonchev–Trinajstić information content (AvgIpc) is 2.80. The highest BCUT2D eigenvalue weighted by molar-refractivity contribution is 7.80. The number of carbonyl (C=O) groups excluding carboxylic acids is 3. The van der Waals surface area contributed by atoms with Gasteiger partial charge in [-0.15, -0.1) is 6.42 Å². The molecule has 0 radical (unpaired) electrons. The summed E-state index contributed by atoms with van der Waals surface area (Å²) in [7, 11) is 0. The molecule has 186 valence electrons. The van der Waals surface area contributed by atoms with E-state index >= 15 is 0 Å². The van der Waals surface area contributed by atoms with E-state index in [0.717, 1.165) is 32.1 Å². The first kappa shape index (κ1) is 27.6. The van der Waals surface area contributed by atoms with Crippen LogP contribution in [-0.2, 0) is 14.3 Å². The first-order chi connectivity index (χ1) is 16.1. The molecule has 3 amide bonds. The Kier molecular flexibility index (Phi) is 10.3. The molecule has 8 heteroatoms. The van der Waals surface area contributed by atoms with Gasteiger partial charge in [-0.25, -0.2) is 4.79 Å². The van der Waals surface area contributed by atoms with Gasteiger partial charge in [0.05, 0.1) is 0 Å². The molecule has 7 nitrogen and oxygen atoms in total. The van der Waals surface area contributed by atoms with Gasteiger partial charge in [0, 0.05) is 23.9 Å².